The van der Waals surface area contributed by atoms with E-state index in [1.807, 2.05) is 0 Å². The topological polar surface area (TPSA) is 8.17 Å². The quantitative estimate of drug-likeness (QED) is 0.181. The number of hydrogen-bond donors (Lipinski definition) is 0. The van der Waals surface area contributed by atoms with E-state index in [0.717, 1.165) is 17.1 Å². The second-order valence-corrected chi connectivity index (χ2v) is 14.4. The van der Waals surface area contributed by atoms with Crippen molar-refractivity contribution in [2.45, 2.75) is 5.41 Å². The highest BCUT2D eigenvalue weighted by atomic mass is 15.1. The van der Waals surface area contributed by atoms with Gasteiger partial charge in [-0.3, -0.25) is 0 Å². The third kappa shape index (κ3) is 3.67. The van der Waals surface area contributed by atoms with E-state index in [0.29, 0.717) is 0 Å². The molecule has 12 rings (SSSR count). The Kier molecular flexibility index (Phi) is 5.73. The highest BCUT2D eigenvalue weighted by Gasteiger charge is 2.51. The van der Waals surface area contributed by atoms with Gasteiger partial charge in [0.2, 0.25) is 0 Å². The van der Waals surface area contributed by atoms with E-state index in [2.05, 4.69) is 204 Å². The molecule has 0 radical (unpaired) electrons. The van der Waals surface area contributed by atoms with Crippen molar-refractivity contribution >= 4 is 60.4 Å². The second kappa shape index (κ2) is 10.6. The molecule has 1 spiro atoms. The first-order valence-corrected chi connectivity index (χ1v) is 18.4. The Morgan fingerprint density at radius 3 is 1.70 bits per heavy atom. The van der Waals surface area contributed by atoms with Crippen molar-refractivity contribution in [1.82, 2.24) is 4.57 Å². The van der Waals surface area contributed by atoms with Gasteiger partial charge >= 0.3 is 0 Å². The molecule has 1 aliphatic heterocycles. The maximum atomic E-state index is 2.52. The zero-order valence-corrected chi connectivity index (χ0v) is 28.9. The molecule has 1 atom stereocenters. The molecule has 0 N–H and O–H groups in total. The second-order valence-electron chi connectivity index (χ2n) is 14.4. The SMILES string of the molecule is c1ccc2c(c1)-c1ccc(N(c3cccc4ccccc34)c3cccc4ccccc34)cc1C21c2ccccc2-n2c3ccccc3c3cccc1c32. The summed E-state index contributed by atoms with van der Waals surface area (Å²) in [6.45, 7) is 0. The number of anilines is 3. The molecule has 2 aliphatic rings. The van der Waals surface area contributed by atoms with Crippen LogP contribution in [0.5, 0.6) is 0 Å². The fraction of sp³-hybridized carbons (Fsp3) is 0.0196. The van der Waals surface area contributed by atoms with Gasteiger partial charge in [-0.15, -0.1) is 0 Å². The van der Waals surface area contributed by atoms with Crippen LogP contribution in [-0.2, 0) is 5.41 Å². The summed E-state index contributed by atoms with van der Waals surface area (Å²) in [5.41, 5.74) is 14.6. The minimum atomic E-state index is -0.522. The summed E-state index contributed by atoms with van der Waals surface area (Å²) in [5, 5.41) is 7.47. The highest BCUT2D eigenvalue weighted by Crippen LogP contribution is 2.61. The van der Waals surface area contributed by atoms with Crippen LogP contribution in [0.3, 0.4) is 0 Å². The van der Waals surface area contributed by atoms with Crippen LogP contribution < -0.4 is 4.90 Å². The number of aromatic nitrogens is 1. The number of rotatable bonds is 3. The van der Waals surface area contributed by atoms with E-state index >= 15 is 0 Å². The molecule has 53 heavy (non-hydrogen) atoms. The van der Waals surface area contributed by atoms with Crippen LogP contribution in [0.1, 0.15) is 22.3 Å². The van der Waals surface area contributed by atoms with Crippen molar-refractivity contribution in [2.24, 2.45) is 0 Å². The van der Waals surface area contributed by atoms with Gasteiger partial charge in [0.15, 0.2) is 0 Å². The lowest BCUT2D eigenvalue weighted by molar-refractivity contribution is 0.748. The molecule has 2 nitrogen and oxygen atoms in total. The Balaban J connectivity index is 1.23. The van der Waals surface area contributed by atoms with Gasteiger partial charge < -0.3 is 9.47 Å². The molecule has 0 bridgehead atoms. The molecule has 2 heterocycles. The molecule has 2 heteroatoms. The fourth-order valence-electron chi connectivity index (χ4n) is 9.90. The van der Waals surface area contributed by atoms with Crippen molar-refractivity contribution in [2.75, 3.05) is 4.90 Å². The lowest BCUT2D eigenvalue weighted by atomic mass is 9.65. The summed E-state index contributed by atoms with van der Waals surface area (Å²) < 4.78 is 2.52. The van der Waals surface area contributed by atoms with Crippen molar-refractivity contribution in [3.63, 3.8) is 0 Å². The van der Waals surface area contributed by atoms with Crippen molar-refractivity contribution in [1.29, 1.82) is 0 Å². The standard InChI is InChI=1S/C51H32N2/c1-3-18-36-33(14-1)16-11-28-46(36)52(47-29-12-17-34-15-2-4-19-37(34)47)35-30-31-39-38-20-5-7-23-42(38)51(45(39)32-35)43-24-8-10-27-49(43)53-48-26-9-6-21-40(48)41-22-13-25-44(51)50(41)53/h1-32H. The molecule has 1 aliphatic carbocycles. The summed E-state index contributed by atoms with van der Waals surface area (Å²) in [7, 11) is 0. The van der Waals surface area contributed by atoms with Crippen LogP contribution in [-0.4, -0.2) is 4.57 Å². The normalized spacial score (nSPS) is 15.2. The Morgan fingerprint density at radius 1 is 0.377 bits per heavy atom. The summed E-state index contributed by atoms with van der Waals surface area (Å²) in [6.07, 6.45) is 0. The van der Waals surface area contributed by atoms with Gasteiger partial charge in [0.25, 0.3) is 0 Å². The zero-order chi connectivity index (χ0) is 34.7. The fourth-order valence-corrected chi connectivity index (χ4v) is 9.90. The third-order valence-corrected chi connectivity index (χ3v) is 11.9. The number of hydrogen-bond acceptors (Lipinski definition) is 1. The number of benzene rings is 9. The molecule has 0 saturated heterocycles. The maximum Gasteiger partial charge on any atom is 0.0755 e. The van der Waals surface area contributed by atoms with Crippen LogP contribution in [0.15, 0.2) is 194 Å². The highest BCUT2D eigenvalue weighted by molar-refractivity contribution is 6.13. The zero-order valence-electron chi connectivity index (χ0n) is 28.9. The molecule has 246 valence electrons. The molecule has 1 aromatic heterocycles. The summed E-state index contributed by atoms with van der Waals surface area (Å²) in [6, 6.07) is 72.2. The number of nitrogens with zero attached hydrogens (tertiary/aromatic N) is 2. The van der Waals surface area contributed by atoms with Crippen LogP contribution in [0.25, 0.3) is 60.2 Å². The van der Waals surface area contributed by atoms with Gasteiger partial charge in [0.05, 0.1) is 33.5 Å². The van der Waals surface area contributed by atoms with Gasteiger partial charge in [-0.1, -0.05) is 158 Å². The lowest BCUT2D eigenvalue weighted by Crippen LogP contribution is -2.33. The van der Waals surface area contributed by atoms with Crippen LogP contribution in [0.2, 0.25) is 0 Å². The average molecular weight is 673 g/mol. The first-order chi connectivity index (χ1) is 26.3. The average Bonchev–Trinajstić information content (AvgIpc) is 3.72. The van der Waals surface area contributed by atoms with Gasteiger partial charge in [-0.25, -0.2) is 0 Å². The summed E-state index contributed by atoms with van der Waals surface area (Å²) in [4.78, 5) is 2.49. The van der Waals surface area contributed by atoms with Gasteiger partial charge in [-0.05, 0) is 80.6 Å². The Hall–Kier alpha value is -6.90. The van der Waals surface area contributed by atoms with E-state index in [1.54, 1.807) is 0 Å². The Labute approximate surface area is 307 Å². The molecular formula is C51H32N2. The van der Waals surface area contributed by atoms with E-state index in [1.165, 1.54) is 82.4 Å². The maximum absolute atomic E-state index is 2.52. The van der Waals surface area contributed by atoms with Gasteiger partial charge in [0, 0.05) is 27.2 Å². The predicted molar refractivity (Wildman–Crippen MR) is 221 cm³/mol. The van der Waals surface area contributed by atoms with Crippen molar-refractivity contribution in [3.8, 4) is 16.8 Å². The third-order valence-electron chi connectivity index (χ3n) is 11.9. The molecule has 0 saturated carbocycles. The van der Waals surface area contributed by atoms with E-state index in [9.17, 15) is 0 Å². The van der Waals surface area contributed by atoms with Crippen LogP contribution in [0.4, 0.5) is 17.1 Å². The molecule has 10 aromatic rings. The summed E-state index contributed by atoms with van der Waals surface area (Å²) in [5.74, 6) is 0. The van der Waals surface area contributed by atoms with E-state index < -0.39 is 5.41 Å². The van der Waals surface area contributed by atoms with Gasteiger partial charge in [-0.2, -0.15) is 0 Å². The van der Waals surface area contributed by atoms with E-state index in [4.69, 9.17) is 0 Å². The minimum Gasteiger partial charge on any atom is -0.309 e. The van der Waals surface area contributed by atoms with Crippen LogP contribution in [0, 0.1) is 0 Å². The van der Waals surface area contributed by atoms with Crippen molar-refractivity contribution in [3.05, 3.63) is 216 Å². The first kappa shape index (κ1) is 28.8. The Morgan fingerprint density at radius 2 is 0.925 bits per heavy atom. The van der Waals surface area contributed by atoms with E-state index in [-0.39, 0.29) is 0 Å². The first-order valence-electron chi connectivity index (χ1n) is 18.4. The monoisotopic (exact) mass is 672 g/mol. The smallest absolute Gasteiger partial charge is 0.0755 e. The van der Waals surface area contributed by atoms with Crippen molar-refractivity contribution < 1.29 is 0 Å². The predicted octanol–water partition coefficient (Wildman–Crippen LogP) is 13.2. The molecule has 0 fully saturated rings. The largest absolute Gasteiger partial charge is 0.309 e. The number of fused-ring (bicyclic) bond motifs is 14. The molecular weight excluding hydrogens is 641 g/mol. The number of para-hydroxylation sites is 3. The van der Waals surface area contributed by atoms with Crippen LogP contribution >= 0.6 is 0 Å². The minimum absolute atomic E-state index is 0.522. The molecule has 1 unspecified atom stereocenters. The lowest BCUT2D eigenvalue weighted by Gasteiger charge is -2.40. The van der Waals surface area contributed by atoms with Gasteiger partial charge in [0.1, 0.15) is 0 Å². The Bertz CT molecular complexity index is 3060. The molecule has 0 amide bonds. The summed E-state index contributed by atoms with van der Waals surface area (Å²) >= 11 is 0. The molecule has 9 aromatic carbocycles.